The van der Waals surface area contributed by atoms with Crippen LogP contribution in [0.2, 0.25) is 0 Å². The number of carbonyl (C=O) groups is 1. The van der Waals surface area contributed by atoms with Crippen LogP contribution in [-0.2, 0) is 14.7 Å². The van der Waals surface area contributed by atoms with Crippen LogP contribution in [0.15, 0.2) is 4.36 Å². The highest BCUT2D eigenvalue weighted by Crippen LogP contribution is 2.40. The summed E-state index contributed by atoms with van der Waals surface area (Å²) in [4.78, 5) is 10.8. The van der Waals surface area contributed by atoms with Crippen molar-refractivity contribution < 1.29 is 9.00 Å². The van der Waals surface area contributed by atoms with E-state index in [1.165, 1.54) is 0 Å². The first-order valence-electron chi connectivity index (χ1n) is 3.16. The normalized spacial score (nSPS) is 57.8. The first kappa shape index (κ1) is 6.30. The lowest BCUT2D eigenvalue weighted by atomic mass is 10.3. The Bertz CT molecular complexity index is 316. The van der Waals surface area contributed by atoms with E-state index in [-0.39, 0.29) is 17.3 Å². The smallest absolute Gasteiger partial charge is 0.270 e. The van der Waals surface area contributed by atoms with Crippen molar-refractivity contribution in [1.82, 2.24) is 4.31 Å². The highest BCUT2D eigenvalue weighted by atomic mass is 32.2. The fraction of sp³-hybridized carbons (Fsp3) is 0.800. The van der Waals surface area contributed by atoms with E-state index in [1.807, 2.05) is 6.92 Å². The maximum absolute atomic E-state index is 11.4. The Labute approximate surface area is 59.5 Å². The molecular weight excluding hydrogens is 152 g/mol. The zero-order chi connectivity index (χ0) is 7.52. The molecule has 0 bridgehead atoms. The van der Waals surface area contributed by atoms with Crippen molar-refractivity contribution in [3.63, 3.8) is 0 Å². The summed E-state index contributed by atoms with van der Waals surface area (Å²) in [5.74, 6) is -0.233. The molecule has 2 heterocycles. The van der Waals surface area contributed by atoms with Gasteiger partial charge < -0.3 is 0 Å². The number of amides is 1. The molecule has 4 nitrogen and oxygen atoms in total. The number of hydrogen-bond donors (Lipinski definition) is 0. The number of carbonyl (C=O) groups excluding carboxylic acids is 1. The Morgan fingerprint density at radius 3 is 2.50 bits per heavy atom. The number of nitrogens with zero attached hydrogens (tertiary/aromatic N) is 2. The van der Waals surface area contributed by atoms with Crippen LogP contribution < -0.4 is 0 Å². The number of hydrogen-bond acceptors (Lipinski definition) is 2. The summed E-state index contributed by atoms with van der Waals surface area (Å²) in [5.41, 5.74) is 0. The Balaban J connectivity index is 2.53. The Morgan fingerprint density at radius 1 is 1.60 bits per heavy atom. The molecule has 0 N–H and O–H groups in total. The number of fused-ring (bicyclic) bond motifs is 1. The van der Waals surface area contributed by atoms with E-state index in [0.29, 0.717) is 0 Å². The molecule has 2 aliphatic rings. The minimum Gasteiger partial charge on any atom is -0.270 e. The van der Waals surface area contributed by atoms with Crippen LogP contribution in [-0.4, -0.2) is 25.8 Å². The summed E-state index contributed by atoms with van der Waals surface area (Å²) >= 11 is 0. The van der Waals surface area contributed by atoms with E-state index in [9.17, 15) is 9.00 Å². The molecular formula is C5H8N2O2S. The zero-order valence-corrected chi connectivity index (χ0v) is 6.59. The molecule has 1 fully saturated rings. The van der Waals surface area contributed by atoms with Crippen LogP contribution in [0.4, 0.5) is 0 Å². The molecule has 0 radical (unpaired) electrons. The fourth-order valence-electron chi connectivity index (χ4n) is 1.31. The lowest BCUT2D eigenvalue weighted by molar-refractivity contribution is -0.119. The summed E-state index contributed by atoms with van der Waals surface area (Å²) in [7, 11) is -2.20. The lowest BCUT2D eigenvalue weighted by Gasteiger charge is -1.98. The molecule has 4 atom stereocenters. The SMILES string of the molecule is CC1C(=O)N=S2(=O)C(C)N12. The van der Waals surface area contributed by atoms with Crippen LogP contribution in [0.25, 0.3) is 0 Å². The van der Waals surface area contributed by atoms with Crippen molar-refractivity contribution in [2.24, 2.45) is 4.36 Å². The molecule has 2 rings (SSSR count). The predicted molar refractivity (Wildman–Crippen MR) is 36.3 cm³/mol. The third kappa shape index (κ3) is 0.465. The van der Waals surface area contributed by atoms with Gasteiger partial charge in [0.15, 0.2) is 0 Å². The van der Waals surface area contributed by atoms with Gasteiger partial charge in [-0.3, -0.25) is 4.79 Å². The fourth-order valence-corrected chi connectivity index (χ4v) is 3.57. The zero-order valence-electron chi connectivity index (χ0n) is 5.77. The molecule has 2 aliphatic heterocycles. The van der Waals surface area contributed by atoms with Crippen LogP contribution in [0.1, 0.15) is 13.8 Å². The summed E-state index contributed by atoms with van der Waals surface area (Å²) in [6, 6.07) is -0.248. The highest BCUT2D eigenvalue weighted by Gasteiger charge is 2.58. The topological polar surface area (TPSA) is 49.5 Å². The van der Waals surface area contributed by atoms with Gasteiger partial charge in [0.05, 0.1) is 0 Å². The van der Waals surface area contributed by atoms with Gasteiger partial charge in [0.1, 0.15) is 21.3 Å². The van der Waals surface area contributed by atoms with Gasteiger partial charge in [-0.25, -0.2) is 4.21 Å². The van der Waals surface area contributed by atoms with Gasteiger partial charge in [-0.15, -0.1) is 4.36 Å². The van der Waals surface area contributed by atoms with Gasteiger partial charge in [-0.05, 0) is 13.8 Å². The summed E-state index contributed by atoms with van der Waals surface area (Å²) < 4.78 is 16.6. The van der Waals surface area contributed by atoms with Gasteiger partial charge in [0.2, 0.25) is 0 Å². The molecule has 10 heavy (non-hydrogen) atoms. The predicted octanol–water partition coefficient (Wildman–Crippen LogP) is -0.0403. The summed E-state index contributed by atoms with van der Waals surface area (Å²) in [6.45, 7) is 3.57. The monoisotopic (exact) mass is 160 g/mol. The molecule has 0 aliphatic carbocycles. The van der Waals surface area contributed by atoms with Crippen molar-refractivity contribution in [2.45, 2.75) is 25.3 Å². The van der Waals surface area contributed by atoms with E-state index in [1.54, 1.807) is 11.2 Å². The Kier molecular flexibility index (Phi) is 0.900. The van der Waals surface area contributed by atoms with Gasteiger partial charge in [0.25, 0.3) is 5.91 Å². The first-order chi connectivity index (χ1) is 4.57. The second-order valence-corrected chi connectivity index (χ2v) is 4.96. The first-order valence-corrected chi connectivity index (χ1v) is 4.69. The highest BCUT2D eigenvalue weighted by molar-refractivity contribution is 7.98. The summed E-state index contributed by atoms with van der Waals surface area (Å²) in [6.07, 6.45) is 0. The summed E-state index contributed by atoms with van der Waals surface area (Å²) in [5, 5.41) is 0.000185. The molecule has 4 unspecified atom stereocenters. The minimum atomic E-state index is -2.20. The molecule has 0 aromatic carbocycles. The van der Waals surface area contributed by atoms with Gasteiger partial charge in [-0.1, -0.05) is 0 Å². The van der Waals surface area contributed by atoms with E-state index >= 15 is 0 Å². The largest absolute Gasteiger partial charge is 0.272 e. The Hall–Kier alpha value is -0.420. The molecule has 56 valence electrons. The van der Waals surface area contributed by atoms with Crippen LogP contribution in [0, 0.1) is 0 Å². The minimum absolute atomic E-state index is 0.000185. The molecule has 0 aromatic rings. The standard InChI is InChI=1S/C5H8N2O2S/c1-3-5(8)6-10(9)4(2)7(3)10/h3-4H,1-2H3. The lowest BCUT2D eigenvalue weighted by Crippen LogP contribution is -2.21. The second-order valence-electron chi connectivity index (χ2n) is 2.60. The van der Waals surface area contributed by atoms with Crippen molar-refractivity contribution in [3.8, 4) is 0 Å². The van der Waals surface area contributed by atoms with E-state index in [0.717, 1.165) is 0 Å². The maximum atomic E-state index is 11.4. The van der Waals surface area contributed by atoms with Crippen molar-refractivity contribution >= 4 is 15.8 Å². The van der Waals surface area contributed by atoms with Gasteiger partial charge in [-0.2, -0.15) is 4.31 Å². The van der Waals surface area contributed by atoms with E-state index in [4.69, 9.17) is 0 Å². The van der Waals surface area contributed by atoms with Gasteiger partial charge >= 0.3 is 0 Å². The third-order valence-corrected chi connectivity index (χ3v) is 4.60. The third-order valence-electron chi connectivity index (χ3n) is 2.02. The van der Waals surface area contributed by atoms with Gasteiger partial charge in [0, 0.05) is 0 Å². The van der Waals surface area contributed by atoms with Crippen LogP contribution >= 0.6 is 0 Å². The molecule has 1 saturated heterocycles. The molecule has 0 saturated carbocycles. The van der Waals surface area contributed by atoms with Crippen molar-refractivity contribution in [1.29, 1.82) is 0 Å². The molecule has 1 amide bonds. The van der Waals surface area contributed by atoms with Crippen LogP contribution in [0.3, 0.4) is 0 Å². The maximum Gasteiger partial charge on any atom is 0.272 e. The number of rotatable bonds is 0. The molecule has 5 heteroatoms. The van der Waals surface area contributed by atoms with Crippen LogP contribution in [0.5, 0.6) is 0 Å². The van der Waals surface area contributed by atoms with E-state index < -0.39 is 9.92 Å². The van der Waals surface area contributed by atoms with Crippen molar-refractivity contribution in [2.75, 3.05) is 0 Å². The quantitative estimate of drug-likeness (QED) is 0.467. The van der Waals surface area contributed by atoms with Crippen molar-refractivity contribution in [3.05, 3.63) is 0 Å². The molecule has 0 spiro atoms. The second kappa shape index (κ2) is 1.43. The average molecular weight is 160 g/mol. The average Bonchev–Trinajstić information content (AvgIpc) is 2.23. The van der Waals surface area contributed by atoms with E-state index in [2.05, 4.69) is 4.36 Å². The molecule has 0 aromatic heterocycles. The Morgan fingerprint density at radius 2 is 2.20 bits per heavy atom.